The molecule has 2 rings (SSSR count). The second-order valence-corrected chi connectivity index (χ2v) is 5.84. The molecule has 1 aliphatic heterocycles. The zero-order chi connectivity index (χ0) is 12.8. The number of carbonyl (C=O) groups is 1. The van der Waals surface area contributed by atoms with E-state index in [1.54, 1.807) is 11.3 Å². The van der Waals surface area contributed by atoms with E-state index in [1.807, 2.05) is 13.1 Å². The van der Waals surface area contributed by atoms with Crippen LogP contribution in [0.1, 0.15) is 16.3 Å². The number of nitrogens with zero attached hydrogens (tertiary/aromatic N) is 2. The molecular formula is C12H20N4OS. The average molecular weight is 268 g/mol. The number of aryl methyl sites for hydroxylation is 1. The number of thiazole rings is 1. The van der Waals surface area contributed by atoms with Crippen molar-refractivity contribution in [3.05, 3.63) is 16.1 Å². The van der Waals surface area contributed by atoms with Gasteiger partial charge in [-0.1, -0.05) is 0 Å². The first-order chi connectivity index (χ1) is 8.74. The second-order valence-electron chi connectivity index (χ2n) is 4.52. The fourth-order valence-corrected chi connectivity index (χ4v) is 2.70. The molecule has 1 amide bonds. The lowest BCUT2D eigenvalue weighted by atomic mass is 10.4. The highest BCUT2D eigenvalue weighted by Crippen LogP contribution is 2.10. The molecule has 1 aromatic heterocycles. The van der Waals surface area contributed by atoms with E-state index in [0.29, 0.717) is 13.1 Å². The fourth-order valence-electron chi connectivity index (χ4n) is 1.98. The summed E-state index contributed by atoms with van der Waals surface area (Å²) in [5, 5.41) is 7.23. The van der Waals surface area contributed by atoms with Gasteiger partial charge < -0.3 is 10.6 Å². The monoisotopic (exact) mass is 268 g/mol. The number of nitrogens with one attached hydrogen (secondary N) is 2. The first-order valence-corrected chi connectivity index (χ1v) is 7.17. The Balaban J connectivity index is 1.71. The number of hydrogen-bond donors (Lipinski definition) is 2. The summed E-state index contributed by atoms with van der Waals surface area (Å²) in [6.07, 6.45) is 2.95. The van der Waals surface area contributed by atoms with E-state index in [4.69, 9.17) is 0 Å². The van der Waals surface area contributed by atoms with Gasteiger partial charge in [-0.15, -0.1) is 11.3 Å². The van der Waals surface area contributed by atoms with Crippen molar-refractivity contribution in [2.75, 3.05) is 32.7 Å². The Labute approximate surface area is 112 Å². The molecule has 0 radical (unpaired) electrons. The fraction of sp³-hybridized carbons (Fsp3) is 0.667. The molecule has 18 heavy (non-hydrogen) atoms. The van der Waals surface area contributed by atoms with Gasteiger partial charge in [-0.25, -0.2) is 4.98 Å². The van der Waals surface area contributed by atoms with Crippen molar-refractivity contribution in [3.63, 3.8) is 0 Å². The highest BCUT2D eigenvalue weighted by Gasteiger charge is 2.12. The molecule has 2 N–H and O–H groups in total. The Hall–Kier alpha value is -0.980. The molecule has 2 heterocycles. The van der Waals surface area contributed by atoms with Crippen molar-refractivity contribution in [1.82, 2.24) is 20.5 Å². The van der Waals surface area contributed by atoms with Crippen LogP contribution in [-0.4, -0.2) is 48.5 Å². The maximum atomic E-state index is 11.8. The maximum absolute atomic E-state index is 11.8. The summed E-state index contributed by atoms with van der Waals surface area (Å²) in [4.78, 5) is 19.4. The highest BCUT2D eigenvalue weighted by atomic mass is 32.1. The van der Waals surface area contributed by atoms with Gasteiger partial charge in [0.2, 0.25) is 5.91 Å². The Morgan fingerprint density at radius 2 is 2.44 bits per heavy atom. The van der Waals surface area contributed by atoms with E-state index >= 15 is 0 Å². The standard InChI is InChI=1S/C12H20N4OS/c1-10-7-15-12(18-10)8-14-11(17)9-16-5-2-3-13-4-6-16/h7,13H,2-6,8-9H2,1H3,(H,14,17). The number of amides is 1. The molecule has 1 fully saturated rings. The van der Waals surface area contributed by atoms with E-state index in [-0.39, 0.29) is 5.91 Å². The largest absolute Gasteiger partial charge is 0.348 e. The molecule has 0 saturated carbocycles. The van der Waals surface area contributed by atoms with Crippen molar-refractivity contribution in [2.45, 2.75) is 19.9 Å². The molecular weight excluding hydrogens is 248 g/mol. The Morgan fingerprint density at radius 1 is 1.56 bits per heavy atom. The molecule has 1 saturated heterocycles. The van der Waals surface area contributed by atoms with E-state index in [1.165, 1.54) is 4.88 Å². The van der Waals surface area contributed by atoms with E-state index < -0.39 is 0 Å². The molecule has 1 aliphatic rings. The van der Waals surface area contributed by atoms with Crippen LogP contribution in [0.2, 0.25) is 0 Å². The second kappa shape index (κ2) is 6.82. The molecule has 0 spiro atoms. The van der Waals surface area contributed by atoms with Crippen LogP contribution in [-0.2, 0) is 11.3 Å². The first-order valence-electron chi connectivity index (χ1n) is 6.35. The summed E-state index contributed by atoms with van der Waals surface area (Å²) >= 11 is 1.63. The molecule has 6 heteroatoms. The first kappa shape index (κ1) is 13.5. The summed E-state index contributed by atoms with van der Waals surface area (Å²) < 4.78 is 0. The average Bonchev–Trinajstić information content (AvgIpc) is 2.60. The van der Waals surface area contributed by atoms with Crippen molar-refractivity contribution in [1.29, 1.82) is 0 Å². The van der Waals surface area contributed by atoms with Gasteiger partial charge in [0, 0.05) is 24.2 Å². The van der Waals surface area contributed by atoms with Crippen LogP contribution in [0.3, 0.4) is 0 Å². The molecule has 0 aliphatic carbocycles. The van der Waals surface area contributed by atoms with Gasteiger partial charge in [0.15, 0.2) is 0 Å². The lowest BCUT2D eigenvalue weighted by molar-refractivity contribution is -0.122. The zero-order valence-electron chi connectivity index (χ0n) is 10.7. The van der Waals surface area contributed by atoms with E-state index in [0.717, 1.165) is 37.6 Å². The van der Waals surface area contributed by atoms with Gasteiger partial charge in [0.25, 0.3) is 0 Å². The summed E-state index contributed by atoms with van der Waals surface area (Å²) in [6, 6.07) is 0. The Bertz CT molecular complexity index is 385. The van der Waals surface area contributed by atoms with E-state index in [9.17, 15) is 4.79 Å². The molecule has 5 nitrogen and oxygen atoms in total. The van der Waals surface area contributed by atoms with Gasteiger partial charge in [-0.3, -0.25) is 9.69 Å². The van der Waals surface area contributed by atoms with Crippen LogP contribution in [0.15, 0.2) is 6.20 Å². The van der Waals surface area contributed by atoms with Crippen LogP contribution in [0, 0.1) is 6.92 Å². The van der Waals surface area contributed by atoms with Crippen molar-refractivity contribution < 1.29 is 4.79 Å². The SMILES string of the molecule is Cc1cnc(CNC(=O)CN2CCCNCC2)s1. The smallest absolute Gasteiger partial charge is 0.234 e. The Morgan fingerprint density at radius 3 is 3.22 bits per heavy atom. The minimum atomic E-state index is 0.0877. The molecule has 0 aromatic carbocycles. The van der Waals surface area contributed by atoms with Crippen LogP contribution in [0.25, 0.3) is 0 Å². The quantitative estimate of drug-likeness (QED) is 0.828. The molecule has 1 aromatic rings. The van der Waals surface area contributed by atoms with Crippen LogP contribution < -0.4 is 10.6 Å². The van der Waals surface area contributed by atoms with Gasteiger partial charge >= 0.3 is 0 Å². The van der Waals surface area contributed by atoms with Gasteiger partial charge in [0.1, 0.15) is 5.01 Å². The third kappa shape index (κ3) is 4.36. The van der Waals surface area contributed by atoms with Gasteiger partial charge in [-0.05, 0) is 26.4 Å². The van der Waals surface area contributed by atoms with Crippen molar-refractivity contribution in [3.8, 4) is 0 Å². The minimum absolute atomic E-state index is 0.0877. The molecule has 100 valence electrons. The predicted molar refractivity (Wildman–Crippen MR) is 72.6 cm³/mol. The minimum Gasteiger partial charge on any atom is -0.348 e. The van der Waals surface area contributed by atoms with Crippen LogP contribution >= 0.6 is 11.3 Å². The van der Waals surface area contributed by atoms with Crippen LogP contribution in [0.4, 0.5) is 0 Å². The highest BCUT2D eigenvalue weighted by molar-refractivity contribution is 7.11. The van der Waals surface area contributed by atoms with E-state index in [2.05, 4.69) is 20.5 Å². The molecule has 0 atom stereocenters. The number of carbonyl (C=O) groups excluding carboxylic acids is 1. The Kier molecular flexibility index (Phi) is 5.10. The number of hydrogen-bond acceptors (Lipinski definition) is 5. The summed E-state index contributed by atoms with van der Waals surface area (Å²) in [5.41, 5.74) is 0. The van der Waals surface area contributed by atoms with Gasteiger partial charge in [-0.2, -0.15) is 0 Å². The summed E-state index contributed by atoms with van der Waals surface area (Å²) in [6.45, 7) is 7.03. The molecule has 0 bridgehead atoms. The maximum Gasteiger partial charge on any atom is 0.234 e. The topological polar surface area (TPSA) is 57.3 Å². The number of aromatic nitrogens is 1. The lowest BCUT2D eigenvalue weighted by Crippen LogP contribution is -2.38. The zero-order valence-corrected chi connectivity index (χ0v) is 11.6. The normalized spacial score (nSPS) is 17.4. The summed E-state index contributed by atoms with van der Waals surface area (Å²) in [5.74, 6) is 0.0877. The van der Waals surface area contributed by atoms with Crippen LogP contribution in [0.5, 0.6) is 0 Å². The van der Waals surface area contributed by atoms with Crippen molar-refractivity contribution in [2.24, 2.45) is 0 Å². The lowest BCUT2D eigenvalue weighted by Gasteiger charge is -2.18. The third-order valence-electron chi connectivity index (χ3n) is 2.91. The van der Waals surface area contributed by atoms with Crippen molar-refractivity contribution >= 4 is 17.2 Å². The van der Waals surface area contributed by atoms with Gasteiger partial charge in [0.05, 0.1) is 13.1 Å². The molecule has 0 unspecified atom stereocenters. The summed E-state index contributed by atoms with van der Waals surface area (Å²) in [7, 11) is 0. The third-order valence-corrected chi connectivity index (χ3v) is 3.82. The number of rotatable bonds is 4. The predicted octanol–water partition coefficient (Wildman–Crippen LogP) is 0.363.